The molecule has 0 saturated carbocycles. The molecule has 0 fully saturated rings. The van der Waals surface area contributed by atoms with Gasteiger partial charge in [-0.15, -0.1) is 0 Å². The lowest BCUT2D eigenvalue weighted by atomic mass is 10.1. The molecule has 0 saturated heterocycles. The van der Waals surface area contributed by atoms with Gasteiger partial charge in [0.15, 0.2) is 5.96 Å². The number of halogens is 4. The van der Waals surface area contributed by atoms with E-state index in [-0.39, 0.29) is 23.6 Å². The van der Waals surface area contributed by atoms with E-state index in [1.165, 1.54) is 0 Å². The maximum atomic E-state index is 12.6. The Labute approximate surface area is 170 Å². The van der Waals surface area contributed by atoms with E-state index in [0.29, 0.717) is 25.2 Å². The molecule has 2 N–H and O–H groups in total. The third kappa shape index (κ3) is 5.49. The third-order valence-corrected chi connectivity index (χ3v) is 4.57. The smallest absolute Gasteiger partial charge is 0.417 e. The normalized spacial score (nSPS) is 17.0. The second-order valence-corrected chi connectivity index (χ2v) is 6.90. The van der Waals surface area contributed by atoms with Crippen molar-refractivity contribution in [3.63, 3.8) is 0 Å². The molecule has 29 heavy (non-hydrogen) atoms. The molecule has 3 heterocycles. The third-order valence-electron chi connectivity index (χ3n) is 4.30. The van der Waals surface area contributed by atoms with Gasteiger partial charge in [0.1, 0.15) is 23.3 Å². The molecule has 8 nitrogen and oxygen atoms in total. The zero-order valence-electron chi connectivity index (χ0n) is 15.9. The molecule has 2 aromatic heterocycles. The summed E-state index contributed by atoms with van der Waals surface area (Å²) >= 11 is 5.82. The molecule has 0 amide bonds. The fourth-order valence-corrected chi connectivity index (χ4v) is 3.16. The Morgan fingerprint density at radius 2 is 2.24 bits per heavy atom. The van der Waals surface area contributed by atoms with Crippen LogP contribution in [0.4, 0.5) is 13.2 Å². The standard InChI is InChI=1S/C17H21ClF3N7O/c1-10-25-14-4-3-12(9-28(14)27-10)26-16(22-2)23-5-6-29-15-13(18)7-11(8-24-15)17(19,20)21/h7-8,12H,3-6,9H2,1-2H3,(H2,22,23,26). The van der Waals surface area contributed by atoms with Crippen LogP contribution in [0.2, 0.25) is 5.02 Å². The number of guanidine groups is 1. The molecule has 158 valence electrons. The molecule has 1 aliphatic rings. The van der Waals surface area contributed by atoms with E-state index < -0.39 is 11.7 Å². The average Bonchev–Trinajstić information content (AvgIpc) is 3.03. The van der Waals surface area contributed by atoms with Gasteiger partial charge in [-0.05, 0) is 19.4 Å². The summed E-state index contributed by atoms with van der Waals surface area (Å²) < 4.78 is 45.1. The van der Waals surface area contributed by atoms with E-state index in [2.05, 4.69) is 30.7 Å². The number of aryl methyl sites for hydroxylation is 2. The molecular formula is C17H21ClF3N7O. The van der Waals surface area contributed by atoms with Crippen LogP contribution in [0.5, 0.6) is 5.88 Å². The number of nitrogens with zero attached hydrogens (tertiary/aromatic N) is 5. The van der Waals surface area contributed by atoms with E-state index in [1.807, 2.05) is 11.6 Å². The SMILES string of the molecule is CN=C(NCCOc1ncc(C(F)(F)F)cc1Cl)NC1CCc2nc(C)nn2C1. The van der Waals surface area contributed by atoms with Crippen molar-refractivity contribution < 1.29 is 17.9 Å². The van der Waals surface area contributed by atoms with Crippen LogP contribution in [0.1, 0.15) is 23.6 Å². The predicted octanol–water partition coefficient (Wildman–Crippen LogP) is 2.21. The van der Waals surface area contributed by atoms with E-state index in [4.69, 9.17) is 16.3 Å². The lowest BCUT2D eigenvalue weighted by Gasteiger charge is -2.25. The number of aromatic nitrogens is 4. The first-order valence-corrected chi connectivity index (χ1v) is 9.37. The van der Waals surface area contributed by atoms with Crippen molar-refractivity contribution in [1.29, 1.82) is 0 Å². The maximum Gasteiger partial charge on any atom is 0.417 e. The summed E-state index contributed by atoms with van der Waals surface area (Å²) in [7, 11) is 1.65. The molecule has 12 heteroatoms. The van der Waals surface area contributed by atoms with Crippen molar-refractivity contribution in [2.24, 2.45) is 4.99 Å². The largest absolute Gasteiger partial charge is 0.475 e. The minimum Gasteiger partial charge on any atom is -0.475 e. The Kier molecular flexibility index (Phi) is 6.46. The van der Waals surface area contributed by atoms with Crippen molar-refractivity contribution in [3.05, 3.63) is 34.5 Å². The maximum absolute atomic E-state index is 12.6. The highest BCUT2D eigenvalue weighted by molar-refractivity contribution is 6.31. The van der Waals surface area contributed by atoms with Crippen LogP contribution in [0.15, 0.2) is 17.3 Å². The molecule has 2 aromatic rings. The highest BCUT2D eigenvalue weighted by Crippen LogP contribution is 2.32. The van der Waals surface area contributed by atoms with Gasteiger partial charge in [-0.1, -0.05) is 11.6 Å². The fourth-order valence-electron chi connectivity index (χ4n) is 2.94. The number of pyridine rings is 1. The second-order valence-electron chi connectivity index (χ2n) is 6.49. The number of hydrogen-bond donors (Lipinski definition) is 2. The molecule has 0 bridgehead atoms. The van der Waals surface area contributed by atoms with Crippen LogP contribution in [0.3, 0.4) is 0 Å². The summed E-state index contributed by atoms with van der Waals surface area (Å²) in [6, 6.07) is 0.947. The van der Waals surface area contributed by atoms with Gasteiger partial charge in [0, 0.05) is 25.7 Å². The number of ether oxygens (including phenoxy) is 1. The fraction of sp³-hybridized carbons (Fsp3) is 0.529. The first kappa shape index (κ1) is 21.2. The van der Waals surface area contributed by atoms with Crippen LogP contribution in [-0.4, -0.2) is 51.9 Å². The highest BCUT2D eigenvalue weighted by atomic mass is 35.5. The molecular weight excluding hydrogens is 411 g/mol. The summed E-state index contributed by atoms with van der Waals surface area (Å²) in [4.78, 5) is 12.2. The first-order chi connectivity index (χ1) is 13.8. The molecule has 1 atom stereocenters. The van der Waals surface area contributed by atoms with Crippen LogP contribution in [0.25, 0.3) is 0 Å². The van der Waals surface area contributed by atoms with Crippen molar-refractivity contribution >= 4 is 17.6 Å². The van der Waals surface area contributed by atoms with Crippen molar-refractivity contribution in [2.75, 3.05) is 20.2 Å². The van der Waals surface area contributed by atoms with Crippen LogP contribution in [-0.2, 0) is 19.1 Å². The summed E-state index contributed by atoms with van der Waals surface area (Å²) in [5.74, 6) is 2.28. The van der Waals surface area contributed by atoms with Gasteiger partial charge in [0.05, 0.1) is 18.7 Å². The van der Waals surface area contributed by atoms with Gasteiger partial charge in [0.25, 0.3) is 0 Å². The summed E-state index contributed by atoms with van der Waals surface area (Å²) in [5.41, 5.74) is -0.921. The van der Waals surface area contributed by atoms with Gasteiger partial charge in [0.2, 0.25) is 5.88 Å². The van der Waals surface area contributed by atoms with Crippen LogP contribution >= 0.6 is 11.6 Å². The van der Waals surface area contributed by atoms with Gasteiger partial charge < -0.3 is 15.4 Å². The topological polar surface area (TPSA) is 89.2 Å². The Morgan fingerprint density at radius 3 is 2.93 bits per heavy atom. The Balaban J connectivity index is 1.45. The van der Waals surface area contributed by atoms with Gasteiger partial charge in [-0.25, -0.2) is 14.6 Å². The molecule has 0 aromatic carbocycles. The summed E-state index contributed by atoms with van der Waals surface area (Å²) in [6.07, 6.45) is -2.07. The minimum atomic E-state index is -4.50. The number of aliphatic imine (C=N–C) groups is 1. The Morgan fingerprint density at radius 1 is 1.45 bits per heavy atom. The lowest BCUT2D eigenvalue weighted by molar-refractivity contribution is -0.137. The zero-order chi connectivity index (χ0) is 21.0. The predicted molar refractivity (Wildman–Crippen MR) is 101 cm³/mol. The van der Waals surface area contributed by atoms with Gasteiger partial charge in [-0.3, -0.25) is 4.99 Å². The monoisotopic (exact) mass is 431 g/mol. The van der Waals surface area contributed by atoms with E-state index in [1.54, 1.807) is 7.05 Å². The van der Waals surface area contributed by atoms with Crippen molar-refractivity contribution in [3.8, 4) is 5.88 Å². The molecule has 1 unspecified atom stereocenters. The molecule has 0 aliphatic carbocycles. The minimum absolute atomic E-state index is 0.0502. The zero-order valence-corrected chi connectivity index (χ0v) is 16.7. The number of rotatable bonds is 5. The average molecular weight is 432 g/mol. The Hall–Kier alpha value is -2.56. The second kappa shape index (κ2) is 8.85. The van der Waals surface area contributed by atoms with Gasteiger partial charge >= 0.3 is 6.18 Å². The van der Waals surface area contributed by atoms with E-state index in [9.17, 15) is 13.2 Å². The van der Waals surface area contributed by atoms with E-state index in [0.717, 1.165) is 30.6 Å². The molecule has 0 radical (unpaired) electrons. The van der Waals surface area contributed by atoms with Crippen molar-refractivity contribution in [2.45, 2.75) is 38.5 Å². The molecule has 0 spiro atoms. The number of hydrogen-bond acceptors (Lipinski definition) is 5. The van der Waals surface area contributed by atoms with Crippen LogP contribution in [0, 0.1) is 6.92 Å². The summed E-state index contributed by atoms with van der Waals surface area (Å²) in [6.45, 7) is 3.07. The number of fused-ring (bicyclic) bond motifs is 1. The molecule has 1 aliphatic heterocycles. The highest BCUT2D eigenvalue weighted by Gasteiger charge is 2.31. The number of alkyl halides is 3. The first-order valence-electron chi connectivity index (χ1n) is 8.99. The van der Waals surface area contributed by atoms with Gasteiger partial charge in [-0.2, -0.15) is 18.3 Å². The lowest BCUT2D eigenvalue weighted by Crippen LogP contribution is -2.47. The van der Waals surface area contributed by atoms with Crippen molar-refractivity contribution in [1.82, 2.24) is 30.4 Å². The van der Waals surface area contributed by atoms with Crippen LogP contribution < -0.4 is 15.4 Å². The van der Waals surface area contributed by atoms with E-state index >= 15 is 0 Å². The Bertz CT molecular complexity index is 884. The number of nitrogens with one attached hydrogen (secondary N) is 2. The summed E-state index contributed by atoms with van der Waals surface area (Å²) in [5, 5.41) is 10.6. The quantitative estimate of drug-likeness (QED) is 0.428. The molecule has 3 rings (SSSR count).